The van der Waals surface area contributed by atoms with Gasteiger partial charge in [0.25, 0.3) is 0 Å². The molecule has 34 heavy (non-hydrogen) atoms. The lowest BCUT2D eigenvalue weighted by Crippen LogP contribution is -2.53. The fourth-order valence-electron chi connectivity index (χ4n) is 4.95. The molecule has 7 heteroatoms. The van der Waals surface area contributed by atoms with Crippen molar-refractivity contribution >= 4 is 18.0 Å². The highest BCUT2D eigenvalue weighted by atomic mass is 16.5. The highest BCUT2D eigenvalue weighted by Gasteiger charge is 2.45. The number of ether oxygens (including phenoxy) is 1. The van der Waals surface area contributed by atoms with Crippen LogP contribution in [0.25, 0.3) is 11.1 Å². The van der Waals surface area contributed by atoms with Crippen molar-refractivity contribution in [2.24, 2.45) is 11.8 Å². The van der Waals surface area contributed by atoms with Crippen LogP contribution in [0.2, 0.25) is 0 Å². The summed E-state index contributed by atoms with van der Waals surface area (Å²) in [6.07, 6.45) is 1.24. The number of fused-ring (bicyclic) bond motifs is 3. The molecule has 2 aliphatic carbocycles. The Morgan fingerprint density at radius 2 is 1.59 bits per heavy atom. The summed E-state index contributed by atoms with van der Waals surface area (Å²) in [6, 6.07) is 15.3. The van der Waals surface area contributed by atoms with Crippen molar-refractivity contribution < 1.29 is 24.2 Å². The van der Waals surface area contributed by atoms with Gasteiger partial charge in [0.15, 0.2) is 0 Å². The Bertz CT molecular complexity index is 1050. The Morgan fingerprint density at radius 1 is 1.03 bits per heavy atom. The third kappa shape index (κ3) is 4.93. The maximum atomic E-state index is 12.8. The fourth-order valence-corrected chi connectivity index (χ4v) is 4.95. The van der Waals surface area contributed by atoms with E-state index < -0.39 is 29.6 Å². The van der Waals surface area contributed by atoms with Crippen molar-refractivity contribution in [3.63, 3.8) is 0 Å². The minimum Gasteiger partial charge on any atom is -0.480 e. The number of carboxylic acids is 1. The second kappa shape index (κ2) is 9.49. The zero-order chi connectivity index (χ0) is 24.5. The van der Waals surface area contributed by atoms with E-state index >= 15 is 0 Å². The van der Waals surface area contributed by atoms with Crippen LogP contribution in [0.15, 0.2) is 48.5 Å². The maximum Gasteiger partial charge on any atom is 0.407 e. The molecule has 0 saturated heterocycles. The molecule has 0 bridgehead atoms. The lowest BCUT2D eigenvalue weighted by Gasteiger charge is -2.31. The molecule has 2 aromatic rings. The molecular weight excluding hydrogens is 432 g/mol. The van der Waals surface area contributed by atoms with Crippen LogP contribution >= 0.6 is 0 Å². The molecule has 7 nitrogen and oxygen atoms in total. The van der Waals surface area contributed by atoms with Crippen molar-refractivity contribution in [3.8, 4) is 11.1 Å². The van der Waals surface area contributed by atoms with E-state index in [1.807, 2.05) is 31.2 Å². The van der Waals surface area contributed by atoms with Gasteiger partial charge in [0, 0.05) is 12.3 Å². The number of nitrogens with one attached hydrogen (secondary N) is 2. The van der Waals surface area contributed by atoms with Crippen LogP contribution in [0.1, 0.15) is 57.1 Å². The molecule has 2 unspecified atom stereocenters. The summed E-state index contributed by atoms with van der Waals surface area (Å²) in [7, 11) is 0. The summed E-state index contributed by atoms with van der Waals surface area (Å²) in [5.74, 6) is -1.60. The van der Waals surface area contributed by atoms with E-state index in [9.17, 15) is 19.5 Å². The van der Waals surface area contributed by atoms with Crippen molar-refractivity contribution in [1.82, 2.24) is 10.6 Å². The number of hydrogen-bond donors (Lipinski definition) is 3. The number of carbonyl (C=O) groups excluding carboxylic acids is 2. The minimum absolute atomic E-state index is 0.00162. The van der Waals surface area contributed by atoms with Crippen molar-refractivity contribution in [2.45, 2.75) is 57.5 Å². The Balaban J connectivity index is 1.40. The molecule has 0 spiro atoms. The second-order valence-corrected chi connectivity index (χ2v) is 9.95. The first-order valence-corrected chi connectivity index (χ1v) is 11.8. The zero-order valence-electron chi connectivity index (χ0n) is 19.8. The van der Waals surface area contributed by atoms with E-state index in [0.29, 0.717) is 0 Å². The average molecular weight is 465 g/mol. The third-order valence-electron chi connectivity index (χ3n) is 6.99. The smallest absolute Gasteiger partial charge is 0.407 e. The molecule has 1 fully saturated rings. The van der Waals surface area contributed by atoms with Gasteiger partial charge in [0.1, 0.15) is 12.6 Å². The Hall–Kier alpha value is -3.35. The first kappa shape index (κ1) is 23.8. The lowest BCUT2D eigenvalue weighted by atomic mass is 9.91. The normalized spacial score (nSPS) is 17.3. The maximum absolute atomic E-state index is 12.8. The van der Waals surface area contributed by atoms with Crippen LogP contribution in [0, 0.1) is 11.8 Å². The summed E-state index contributed by atoms with van der Waals surface area (Å²) in [6.45, 7) is 5.51. The summed E-state index contributed by atoms with van der Waals surface area (Å²) < 4.78 is 5.68. The van der Waals surface area contributed by atoms with Gasteiger partial charge in [-0.2, -0.15) is 0 Å². The van der Waals surface area contributed by atoms with Crippen LogP contribution in [0.3, 0.4) is 0 Å². The highest BCUT2D eigenvalue weighted by molar-refractivity contribution is 5.85. The predicted octanol–water partition coefficient (Wildman–Crippen LogP) is 4.31. The first-order chi connectivity index (χ1) is 16.2. The Morgan fingerprint density at radius 3 is 2.09 bits per heavy atom. The number of carbonyl (C=O) groups is 3. The van der Waals surface area contributed by atoms with E-state index in [4.69, 9.17) is 4.74 Å². The van der Waals surface area contributed by atoms with Gasteiger partial charge in [0.2, 0.25) is 5.91 Å². The second-order valence-electron chi connectivity index (χ2n) is 9.95. The SMILES string of the molecule is CC(C)C(NC(=O)CC(C)(NC(=O)OCC1c2ccccc2-c2ccccc21)C1CC1)C(=O)O. The zero-order valence-corrected chi connectivity index (χ0v) is 19.8. The molecule has 2 atom stereocenters. The molecule has 180 valence electrons. The number of rotatable bonds is 9. The minimum atomic E-state index is -1.07. The van der Waals surface area contributed by atoms with Gasteiger partial charge < -0.3 is 20.5 Å². The summed E-state index contributed by atoms with van der Waals surface area (Å²) >= 11 is 0. The van der Waals surface area contributed by atoms with Gasteiger partial charge >= 0.3 is 12.1 Å². The third-order valence-corrected chi connectivity index (χ3v) is 6.99. The molecular formula is C27H32N2O5. The van der Waals surface area contributed by atoms with Crippen LogP contribution in [0.4, 0.5) is 4.79 Å². The number of carboxylic acid groups (broad SMARTS) is 1. The highest BCUT2D eigenvalue weighted by Crippen LogP contribution is 2.45. The average Bonchev–Trinajstić information content (AvgIpc) is 3.60. The van der Waals surface area contributed by atoms with Gasteiger partial charge in [-0.25, -0.2) is 9.59 Å². The summed E-state index contributed by atoms with van der Waals surface area (Å²) in [5, 5.41) is 14.9. The first-order valence-electron chi connectivity index (χ1n) is 11.8. The summed E-state index contributed by atoms with van der Waals surface area (Å²) in [5.41, 5.74) is 3.78. The van der Waals surface area contributed by atoms with Crippen LogP contribution in [0.5, 0.6) is 0 Å². The Labute approximate surface area is 199 Å². The topological polar surface area (TPSA) is 105 Å². The molecule has 0 aliphatic heterocycles. The number of amides is 2. The van der Waals surface area contributed by atoms with E-state index in [-0.39, 0.29) is 30.8 Å². The number of benzene rings is 2. The lowest BCUT2D eigenvalue weighted by molar-refractivity contribution is -0.143. The molecule has 0 heterocycles. The van der Waals surface area contributed by atoms with Crippen LogP contribution < -0.4 is 10.6 Å². The Kier molecular flexibility index (Phi) is 6.64. The fraction of sp³-hybridized carbons (Fsp3) is 0.444. The van der Waals surface area contributed by atoms with E-state index in [0.717, 1.165) is 35.1 Å². The summed E-state index contributed by atoms with van der Waals surface area (Å²) in [4.78, 5) is 36.9. The van der Waals surface area contributed by atoms with Gasteiger partial charge in [-0.05, 0) is 53.9 Å². The number of alkyl carbamates (subject to hydrolysis) is 1. The molecule has 2 amide bonds. The monoisotopic (exact) mass is 464 g/mol. The van der Waals surface area contributed by atoms with E-state index in [1.54, 1.807) is 13.8 Å². The molecule has 1 saturated carbocycles. The van der Waals surface area contributed by atoms with E-state index in [1.165, 1.54) is 0 Å². The molecule has 2 aromatic carbocycles. The van der Waals surface area contributed by atoms with Gasteiger partial charge in [-0.15, -0.1) is 0 Å². The molecule has 0 aromatic heterocycles. The quantitative estimate of drug-likeness (QED) is 0.513. The van der Waals surface area contributed by atoms with Crippen LogP contribution in [-0.2, 0) is 14.3 Å². The molecule has 2 aliphatic rings. The van der Waals surface area contributed by atoms with Gasteiger partial charge in [-0.3, -0.25) is 4.79 Å². The standard InChI is InChI=1S/C27H32N2O5/c1-16(2)24(25(31)32)28-23(30)14-27(3,17-12-13-17)29-26(33)34-15-22-20-10-6-4-8-18(20)19-9-5-7-11-21(19)22/h4-11,16-17,22,24H,12-15H2,1-3H3,(H,28,30)(H,29,33)(H,31,32). The largest absolute Gasteiger partial charge is 0.480 e. The van der Waals surface area contributed by atoms with Crippen molar-refractivity contribution in [2.75, 3.05) is 6.61 Å². The van der Waals surface area contributed by atoms with Crippen molar-refractivity contribution in [1.29, 1.82) is 0 Å². The van der Waals surface area contributed by atoms with E-state index in [2.05, 4.69) is 34.9 Å². The predicted molar refractivity (Wildman–Crippen MR) is 128 cm³/mol. The van der Waals surface area contributed by atoms with Crippen molar-refractivity contribution in [3.05, 3.63) is 59.7 Å². The van der Waals surface area contributed by atoms with Gasteiger partial charge in [-0.1, -0.05) is 62.4 Å². The molecule has 0 radical (unpaired) electrons. The molecule has 3 N–H and O–H groups in total. The van der Waals surface area contributed by atoms with Gasteiger partial charge in [0.05, 0.1) is 5.54 Å². The van der Waals surface area contributed by atoms with Crippen LogP contribution in [-0.4, -0.2) is 41.3 Å². The molecule has 4 rings (SSSR count). The number of aliphatic carboxylic acids is 1. The number of hydrogen-bond acceptors (Lipinski definition) is 4.